The average Bonchev–Trinajstić information content (AvgIpc) is 2.69. The molecule has 0 aliphatic heterocycles. The molecule has 0 fully saturated rings. The topological polar surface area (TPSA) is 40.7 Å². The van der Waals surface area contributed by atoms with Gasteiger partial charge in [-0.2, -0.15) is 5.10 Å². The van der Waals surface area contributed by atoms with Crippen molar-refractivity contribution in [3.05, 3.63) is 35.0 Å². The zero-order chi connectivity index (χ0) is 12.3. The maximum absolute atomic E-state index is 5.90. The summed E-state index contributed by atoms with van der Waals surface area (Å²) in [6.07, 6.45) is 1.08. The first-order valence-corrected chi connectivity index (χ1v) is 6.15. The lowest BCUT2D eigenvalue weighted by Crippen LogP contribution is -2.01. The molecule has 1 aromatic heterocycles. The van der Waals surface area contributed by atoms with Crippen LogP contribution in [0, 0.1) is 6.92 Å². The lowest BCUT2D eigenvalue weighted by Gasteiger charge is -2.06. The van der Waals surface area contributed by atoms with Crippen molar-refractivity contribution in [1.29, 1.82) is 0 Å². The van der Waals surface area contributed by atoms with Crippen LogP contribution in [0.15, 0.2) is 24.3 Å². The summed E-state index contributed by atoms with van der Waals surface area (Å²) in [7, 11) is 0. The van der Waals surface area contributed by atoms with E-state index in [1.54, 1.807) is 0 Å². The van der Waals surface area contributed by atoms with Gasteiger partial charge >= 0.3 is 0 Å². The number of rotatable bonds is 4. The lowest BCUT2D eigenvalue weighted by atomic mass is 10.1. The van der Waals surface area contributed by atoms with E-state index in [2.05, 4.69) is 22.4 Å². The standard InChI is InChI=1S/C13H16ClN3/c1-3-8-15-13-12(9(2)16-17-13)10-4-6-11(14)7-5-10/h4-7H,3,8H2,1-2H3,(H2,15,16,17). The molecule has 0 bridgehead atoms. The first kappa shape index (κ1) is 12.0. The van der Waals surface area contributed by atoms with Gasteiger partial charge < -0.3 is 5.32 Å². The molecule has 0 radical (unpaired) electrons. The highest BCUT2D eigenvalue weighted by atomic mass is 35.5. The number of nitrogens with one attached hydrogen (secondary N) is 2. The maximum Gasteiger partial charge on any atom is 0.155 e. The Hall–Kier alpha value is -1.48. The Morgan fingerprint density at radius 1 is 1.29 bits per heavy atom. The summed E-state index contributed by atoms with van der Waals surface area (Å²) >= 11 is 5.90. The molecular weight excluding hydrogens is 234 g/mol. The van der Waals surface area contributed by atoms with Crippen molar-refractivity contribution < 1.29 is 0 Å². The quantitative estimate of drug-likeness (QED) is 0.864. The van der Waals surface area contributed by atoms with Crippen LogP contribution in [0.4, 0.5) is 5.82 Å². The molecule has 3 nitrogen and oxygen atoms in total. The minimum atomic E-state index is 0.748. The van der Waals surface area contributed by atoms with Gasteiger partial charge in [-0.1, -0.05) is 30.7 Å². The Morgan fingerprint density at radius 3 is 2.65 bits per heavy atom. The molecule has 1 heterocycles. The van der Waals surface area contributed by atoms with E-state index in [-0.39, 0.29) is 0 Å². The Kier molecular flexibility index (Phi) is 3.69. The minimum absolute atomic E-state index is 0.748. The van der Waals surface area contributed by atoms with E-state index >= 15 is 0 Å². The fourth-order valence-electron chi connectivity index (χ4n) is 1.77. The third kappa shape index (κ3) is 2.61. The number of hydrogen-bond donors (Lipinski definition) is 2. The van der Waals surface area contributed by atoms with Crippen molar-refractivity contribution in [3.8, 4) is 11.1 Å². The van der Waals surface area contributed by atoms with Gasteiger partial charge in [0.2, 0.25) is 0 Å². The normalized spacial score (nSPS) is 10.5. The molecule has 0 aliphatic carbocycles. The number of halogens is 1. The number of nitrogens with zero attached hydrogens (tertiary/aromatic N) is 1. The largest absolute Gasteiger partial charge is 0.368 e. The molecule has 2 aromatic rings. The monoisotopic (exact) mass is 249 g/mol. The van der Waals surface area contributed by atoms with Gasteiger partial charge in [0, 0.05) is 22.8 Å². The molecule has 1 aromatic carbocycles. The Morgan fingerprint density at radius 2 is 2.00 bits per heavy atom. The van der Waals surface area contributed by atoms with E-state index in [1.807, 2.05) is 31.2 Å². The van der Waals surface area contributed by atoms with Crippen LogP contribution in [0.5, 0.6) is 0 Å². The molecule has 0 saturated heterocycles. The first-order chi connectivity index (χ1) is 8.22. The van der Waals surface area contributed by atoms with Crippen molar-refractivity contribution in [1.82, 2.24) is 10.2 Å². The van der Waals surface area contributed by atoms with Gasteiger partial charge in [-0.15, -0.1) is 0 Å². The van der Waals surface area contributed by atoms with E-state index in [0.717, 1.165) is 40.6 Å². The number of H-pyrrole nitrogens is 1. The third-order valence-electron chi connectivity index (χ3n) is 2.62. The summed E-state index contributed by atoms with van der Waals surface area (Å²) in [6.45, 7) is 5.08. The number of hydrogen-bond acceptors (Lipinski definition) is 2. The van der Waals surface area contributed by atoms with Crippen molar-refractivity contribution in [3.63, 3.8) is 0 Å². The van der Waals surface area contributed by atoms with Gasteiger partial charge in [-0.05, 0) is 31.0 Å². The van der Waals surface area contributed by atoms with E-state index in [1.165, 1.54) is 0 Å². The second-order valence-electron chi connectivity index (χ2n) is 4.01. The predicted octanol–water partition coefficient (Wildman–Crippen LogP) is 3.86. The van der Waals surface area contributed by atoms with E-state index in [4.69, 9.17) is 11.6 Å². The van der Waals surface area contributed by atoms with Crippen LogP contribution >= 0.6 is 11.6 Å². The second kappa shape index (κ2) is 5.23. The van der Waals surface area contributed by atoms with Crippen LogP contribution in [-0.2, 0) is 0 Å². The summed E-state index contributed by atoms with van der Waals surface area (Å²) in [5, 5.41) is 11.4. The highest BCUT2D eigenvalue weighted by Gasteiger charge is 2.11. The summed E-state index contributed by atoms with van der Waals surface area (Å²) in [5.41, 5.74) is 3.31. The van der Waals surface area contributed by atoms with Crippen LogP contribution in [0.3, 0.4) is 0 Å². The lowest BCUT2D eigenvalue weighted by molar-refractivity contribution is 0.958. The highest BCUT2D eigenvalue weighted by molar-refractivity contribution is 6.30. The van der Waals surface area contributed by atoms with Crippen LogP contribution in [0.25, 0.3) is 11.1 Å². The van der Waals surface area contributed by atoms with Gasteiger partial charge in [-0.25, -0.2) is 0 Å². The molecular formula is C13H16ClN3. The van der Waals surface area contributed by atoms with Gasteiger partial charge in [0.15, 0.2) is 5.82 Å². The predicted molar refractivity (Wildman–Crippen MR) is 72.6 cm³/mol. The SMILES string of the molecule is CCCNc1n[nH]c(C)c1-c1ccc(Cl)cc1. The fraction of sp³-hybridized carbons (Fsp3) is 0.308. The molecule has 17 heavy (non-hydrogen) atoms. The van der Waals surface area contributed by atoms with Crippen molar-refractivity contribution in [2.45, 2.75) is 20.3 Å². The Labute approximate surface area is 106 Å². The molecule has 2 N–H and O–H groups in total. The Balaban J connectivity index is 2.36. The number of anilines is 1. The van der Waals surface area contributed by atoms with Gasteiger partial charge in [0.05, 0.1) is 0 Å². The summed E-state index contributed by atoms with van der Waals surface area (Å²) in [4.78, 5) is 0. The van der Waals surface area contributed by atoms with Crippen LogP contribution in [0.2, 0.25) is 5.02 Å². The van der Waals surface area contributed by atoms with Crippen LogP contribution in [0.1, 0.15) is 19.0 Å². The summed E-state index contributed by atoms with van der Waals surface area (Å²) in [5.74, 6) is 0.909. The third-order valence-corrected chi connectivity index (χ3v) is 2.87. The molecule has 0 unspecified atom stereocenters. The van der Waals surface area contributed by atoms with Gasteiger partial charge in [0.25, 0.3) is 0 Å². The van der Waals surface area contributed by atoms with Crippen LogP contribution in [-0.4, -0.2) is 16.7 Å². The molecule has 4 heteroatoms. The molecule has 0 aliphatic rings. The fourth-order valence-corrected chi connectivity index (χ4v) is 1.90. The van der Waals surface area contributed by atoms with E-state index in [0.29, 0.717) is 0 Å². The molecule has 0 spiro atoms. The molecule has 2 rings (SSSR count). The zero-order valence-electron chi connectivity index (χ0n) is 10.0. The van der Waals surface area contributed by atoms with Gasteiger partial charge in [0.1, 0.15) is 0 Å². The molecule has 90 valence electrons. The van der Waals surface area contributed by atoms with E-state index in [9.17, 15) is 0 Å². The number of aromatic amines is 1. The second-order valence-corrected chi connectivity index (χ2v) is 4.44. The van der Waals surface area contributed by atoms with Crippen molar-refractivity contribution >= 4 is 17.4 Å². The van der Waals surface area contributed by atoms with E-state index < -0.39 is 0 Å². The number of aryl methyl sites for hydroxylation is 1. The highest BCUT2D eigenvalue weighted by Crippen LogP contribution is 2.30. The van der Waals surface area contributed by atoms with Crippen molar-refractivity contribution in [2.75, 3.05) is 11.9 Å². The zero-order valence-corrected chi connectivity index (χ0v) is 10.8. The van der Waals surface area contributed by atoms with Crippen LogP contribution < -0.4 is 5.32 Å². The molecule has 0 amide bonds. The Bertz CT molecular complexity index is 488. The number of benzene rings is 1. The minimum Gasteiger partial charge on any atom is -0.368 e. The smallest absolute Gasteiger partial charge is 0.155 e. The average molecular weight is 250 g/mol. The molecule has 0 atom stereocenters. The number of aromatic nitrogens is 2. The molecule has 0 saturated carbocycles. The maximum atomic E-state index is 5.90. The first-order valence-electron chi connectivity index (χ1n) is 5.77. The van der Waals surface area contributed by atoms with Crippen molar-refractivity contribution in [2.24, 2.45) is 0 Å². The summed E-state index contributed by atoms with van der Waals surface area (Å²) in [6, 6.07) is 7.81. The van der Waals surface area contributed by atoms with Gasteiger partial charge in [-0.3, -0.25) is 5.10 Å². The summed E-state index contributed by atoms with van der Waals surface area (Å²) < 4.78 is 0.